The minimum absolute atomic E-state index is 0.376. The fraction of sp³-hybridized carbons (Fsp3) is 0.118. The summed E-state index contributed by atoms with van der Waals surface area (Å²) >= 11 is 6.10. The molecular formula is C17H15ClN4O. The van der Waals surface area contributed by atoms with E-state index in [-0.39, 0.29) is 0 Å². The number of benzene rings is 1. The van der Waals surface area contributed by atoms with Crippen LogP contribution in [-0.2, 0) is 6.54 Å². The highest BCUT2D eigenvalue weighted by Gasteiger charge is 2.07. The fourth-order valence-electron chi connectivity index (χ4n) is 2.17. The smallest absolute Gasteiger partial charge is 0.164 e. The van der Waals surface area contributed by atoms with Gasteiger partial charge in [0.2, 0.25) is 0 Å². The van der Waals surface area contributed by atoms with Crippen LogP contribution in [0.4, 0.5) is 5.82 Å². The zero-order chi connectivity index (χ0) is 16.1. The lowest BCUT2D eigenvalue weighted by Crippen LogP contribution is -2.04. The average molecular weight is 327 g/mol. The van der Waals surface area contributed by atoms with Crippen LogP contribution < -0.4 is 10.1 Å². The first-order valence-electron chi connectivity index (χ1n) is 7.07. The SMILES string of the molecule is COc1ccccc1CNc1cc(Cl)nc(-c2cccnc2)n1. The van der Waals surface area contributed by atoms with Crippen LogP contribution in [0.5, 0.6) is 5.75 Å². The van der Waals surface area contributed by atoms with Gasteiger partial charge in [-0.2, -0.15) is 0 Å². The van der Waals surface area contributed by atoms with Crippen LogP contribution in [0.3, 0.4) is 0 Å². The van der Waals surface area contributed by atoms with Crippen molar-refractivity contribution >= 4 is 17.4 Å². The molecule has 0 unspecified atom stereocenters. The summed E-state index contributed by atoms with van der Waals surface area (Å²) in [5.41, 5.74) is 1.85. The molecule has 0 fully saturated rings. The van der Waals surface area contributed by atoms with Gasteiger partial charge in [-0.15, -0.1) is 0 Å². The van der Waals surface area contributed by atoms with Crippen molar-refractivity contribution in [3.63, 3.8) is 0 Å². The van der Waals surface area contributed by atoms with E-state index < -0.39 is 0 Å². The Morgan fingerprint density at radius 3 is 2.78 bits per heavy atom. The summed E-state index contributed by atoms with van der Waals surface area (Å²) in [6.45, 7) is 0.573. The first kappa shape index (κ1) is 15.2. The van der Waals surface area contributed by atoms with Crippen LogP contribution in [0, 0.1) is 0 Å². The number of hydrogen-bond acceptors (Lipinski definition) is 5. The van der Waals surface area contributed by atoms with Gasteiger partial charge in [0.05, 0.1) is 7.11 Å². The molecule has 2 aromatic heterocycles. The molecule has 2 heterocycles. The largest absolute Gasteiger partial charge is 0.496 e. The van der Waals surface area contributed by atoms with Gasteiger partial charge >= 0.3 is 0 Å². The van der Waals surface area contributed by atoms with Crippen molar-refractivity contribution < 1.29 is 4.74 Å². The number of aromatic nitrogens is 3. The lowest BCUT2D eigenvalue weighted by molar-refractivity contribution is 0.410. The summed E-state index contributed by atoms with van der Waals surface area (Å²) in [5, 5.41) is 3.63. The first-order valence-corrected chi connectivity index (χ1v) is 7.45. The second kappa shape index (κ2) is 7.07. The van der Waals surface area contributed by atoms with Gasteiger partial charge < -0.3 is 10.1 Å². The molecule has 1 N–H and O–H groups in total. The lowest BCUT2D eigenvalue weighted by atomic mass is 10.2. The Balaban J connectivity index is 1.82. The topological polar surface area (TPSA) is 59.9 Å². The molecule has 3 aromatic rings. The van der Waals surface area contributed by atoms with E-state index in [4.69, 9.17) is 16.3 Å². The van der Waals surface area contributed by atoms with E-state index in [1.165, 1.54) is 0 Å². The third kappa shape index (κ3) is 3.76. The number of nitrogens with zero attached hydrogens (tertiary/aromatic N) is 3. The highest BCUT2D eigenvalue weighted by molar-refractivity contribution is 6.29. The first-order chi connectivity index (χ1) is 11.3. The number of hydrogen-bond donors (Lipinski definition) is 1. The van der Waals surface area contributed by atoms with Crippen molar-refractivity contribution in [2.45, 2.75) is 6.54 Å². The van der Waals surface area contributed by atoms with Gasteiger partial charge in [-0.1, -0.05) is 29.8 Å². The number of pyridine rings is 1. The van der Waals surface area contributed by atoms with Crippen LogP contribution in [0.15, 0.2) is 54.9 Å². The van der Waals surface area contributed by atoms with Crippen LogP contribution in [-0.4, -0.2) is 22.1 Å². The second-order valence-corrected chi connectivity index (χ2v) is 5.19. The highest BCUT2D eigenvalue weighted by Crippen LogP contribution is 2.22. The zero-order valence-corrected chi connectivity index (χ0v) is 13.3. The molecule has 0 saturated carbocycles. The molecule has 0 saturated heterocycles. The Kier molecular flexibility index (Phi) is 4.68. The molecule has 23 heavy (non-hydrogen) atoms. The van der Waals surface area contributed by atoms with Crippen molar-refractivity contribution in [2.24, 2.45) is 0 Å². The normalized spacial score (nSPS) is 10.3. The monoisotopic (exact) mass is 326 g/mol. The molecule has 0 bridgehead atoms. The number of methoxy groups -OCH3 is 1. The Morgan fingerprint density at radius 1 is 1.13 bits per heavy atom. The molecule has 0 atom stereocenters. The molecule has 1 aromatic carbocycles. The molecule has 116 valence electrons. The summed E-state index contributed by atoms with van der Waals surface area (Å²) in [5.74, 6) is 2.01. The Hall–Kier alpha value is -2.66. The second-order valence-electron chi connectivity index (χ2n) is 4.81. The van der Waals surface area contributed by atoms with E-state index in [0.717, 1.165) is 16.9 Å². The maximum Gasteiger partial charge on any atom is 0.164 e. The van der Waals surface area contributed by atoms with Gasteiger partial charge in [-0.05, 0) is 18.2 Å². The maximum absolute atomic E-state index is 6.10. The van der Waals surface area contributed by atoms with Crippen molar-refractivity contribution in [3.8, 4) is 17.1 Å². The minimum atomic E-state index is 0.376. The number of rotatable bonds is 5. The predicted molar refractivity (Wildman–Crippen MR) is 90.6 cm³/mol. The van der Waals surface area contributed by atoms with Crippen LogP contribution in [0.25, 0.3) is 11.4 Å². The maximum atomic E-state index is 6.10. The minimum Gasteiger partial charge on any atom is -0.496 e. The van der Waals surface area contributed by atoms with Crippen molar-refractivity contribution in [1.82, 2.24) is 15.0 Å². The van der Waals surface area contributed by atoms with Gasteiger partial charge in [0, 0.05) is 36.1 Å². The Bertz CT molecular complexity index is 796. The van der Waals surface area contributed by atoms with Crippen molar-refractivity contribution in [1.29, 1.82) is 0 Å². The molecule has 0 aliphatic heterocycles. The predicted octanol–water partition coefficient (Wildman–Crippen LogP) is 3.81. The molecule has 3 rings (SSSR count). The molecule has 0 aliphatic carbocycles. The van der Waals surface area contributed by atoms with E-state index in [0.29, 0.717) is 23.3 Å². The molecular weight excluding hydrogens is 312 g/mol. The summed E-state index contributed by atoms with van der Waals surface area (Å²) in [6, 6.07) is 13.2. The van der Waals surface area contributed by atoms with E-state index in [9.17, 15) is 0 Å². The zero-order valence-electron chi connectivity index (χ0n) is 12.5. The van der Waals surface area contributed by atoms with Gasteiger partial charge in [0.15, 0.2) is 5.82 Å². The van der Waals surface area contributed by atoms with E-state index in [1.54, 1.807) is 25.6 Å². The fourth-order valence-corrected chi connectivity index (χ4v) is 2.35. The number of para-hydroxylation sites is 1. The highest BCUT2D eigenvalue weighted by atomic mass is 35.5. The van der Waals surface area contributed by atoms with Gasteiger partial charge in [-0.3, -0.25) is 4.98 Å². The summed E-state index contributed by atoms with van der Waals surface area (Å²) < 4.78 is 5.34. The third-order valence-electron chi connectivity index (χ3n) is 3.27. The van der Waals surface area contributed by atoms with Gasteiger partial charge in [-0.25, -0.2) is 9.97 Å². The van der Waals surface area contributed by atoms with E-state index >= 15 is 0 Å². The number of halogens is 1. The van der Waals surface area contributed by atoms with E-state index in [2.05, 4.69) is 20.3 Å². The summed E-state index contributed by atoms with van der Waals surface area (Å²) in [4.78, 5) is 12.8. The van der Waals surface area contributed by atoms with Gasteiger partial charge in [0.25, 0.3) is 0 Å². The molecule has 0 spiro atoms. The molecule has 6 heteroatoms. The number of anilines is 1. The Labute approximate surface area is 139 Å². The molecule has 0 radical (unpaired) electrons. The molecule has 0 aliphatic rings. The molecule has 0 amide bonds. The van der Waals surface area contributed by atoms with Crippen molar-refractivity contribution in [2.75, 3.05) is 12.4 Å². The summed E-state index contributed by atoms with van der Waals surface area (Å²) in [6.07, 6.45) is 3.41. The van der Waals surface area contributed by atoms with Gasteiger partial charge in [0.1, 0.15) is 16.7 Å². The van der Waals surface area contributed by atoms with Crippen LogP contribution in [0.2, 0.25) is 5.15 Å². The van der Waals surface area contributed by atoms with Crippen LogP contribution in [0.1, 0.15) is 5.56 Å². The average Bonchev–Trinajstić information content (AvgIpc) is 2.60. The quantitative estimate of drug-likeness (QED) is 0.722. The standard InChI is InChI=1S/C17H15ClN4O/c1-23-14-7-3-2-5-12(14)11-20-16-9-15(18)21-17(22-16)13-6-4-8-19-10-13/h2-10H,11H2,1H3,(H,20,21,22). The number of ether oxygens (including phenoxy) is 1. The molecule has 5 nitrogen and oxygen atoms in total. The Morgan fingerprint density at radius 2 is 2.00 bits per heavy atom. The summed E-state index contributed by atoms with van der Waals surface area (Å²) in [7, 11) is 1.65. The van der Waals surface area contributed by atoms with E-state index in [1.807, 2.05) is 36.4 Å². The lowest BCUT2D eigenvalue weighted by Gasteiger charge is -2.11. The third-order valence-corrected chi connectivity index (χ3v) is 3.46. The van der Waals surface area contributed by atoms with Crippen molar-refractivity contribution in [3.05, 3.63) is 65.6 Å². The van der Waals surface area contributed by atoms with Crippen LogP contribution >= 0.6 is 11.6 Å². The number of nitrogens with one attached hydrogen (secondary N) is 1.